The van der Waals surface area contributed by atoms with Crippen molar-refractivity contribution in [1.29, 1.82) is 0 Å². The van der Waals surface area contributed by atoms with Crippen molar-refractivity contribution in [3.05, 3.63) is 48.2 Å². The minimum Gasteiger partial charge on any atom is -0.508 e. The van der Waals surface area contributed by atoms with Crippen molar-refractivity contribution in [1.82, 2.24) is 4.98 Å². The number of phenols is 1. The van der Waals surface area contributed by atoms with Gasteiger partial charge in [0.1, 0.15) is 12.0 Å². The fourth-order valence-corrected chi connectivity index (χ4v) is 2.05. The van der Waals surface area contributed by atoms with Gasteiger partial charge < -0.3 is 9.52 Å². The fraction of sp³-hybridized carbons (Fsp3) is 0.250. The maximum atomic E-state index is 9.24. The molecule has 1 N–H and O–H groups in total. The third-order valence-electron chi connectivity index (χ3n) is 3.09. The van der Waals surface area contributed by atoms with E-state index in [1.165, 1.54) is 12.0 Å². The molecule has 3 rings (SSSR count). The van der Waals surface area contributed by atoms with Gasteiger partial charge >= 0.3 is 0 Å². The third kappa shape index (κ3) is 1.23. The van der Waals surface area contributed by atoms with Gasteiger partial charge in [0.15, 0.2) is 6.39 Å². The summed E-state index contributed by atoms with van der Waals surface area (Å²) in [7, 11) is 0. The minimum absolute atomic E-state index is 0.0424. The molecule has 3 heteroatoms. The number of oxazole rings is 1. The highest BCUT2D eigenvalue weighted by Gasteiger charge is 2.47. The Labute approximate surface area is 87.4 Å². The zero-order valence-corrected chi connectivity index (χ0v) is 8.18. The molecule has 0 amide bonds. The smallest absolute Gasteiger partial charge is 0.180 e. The molecular formula is C12H11NO2. The Morgan fingerprint density at radius 2 is 1.93 bits per heavy atom. The largest absolute Gasteiger partial charge is 0.508 e. The van der Waals surface area contributed by atoms with E-state index in [1.807, 2.05) is 12.1 Å². The Bertz CT molecular complexity index is 455. The van der Waals surface area contributed by atoms with Crippen LogP contribution in [0.4, 0.5) is 0 Å². The first-order valence-corrected chi connectivity index (χ1v) is 4.99. The number of benzene rings is 1. The van der Waals surface area contributed by atoms with Gasteiger partial charge in [-0.25, -0.2) is 4.98 Å². The van der Waals surface area contributed by atoms with Crippen molar-refractivity contribution >= 4 is 0 Å². The second kappa shape index (κ2) is 2.86. The summed E-state index contributed by atoms with van der Waals surface area (Å²) in [5.74, 6) is 0.301. The number of aromatic nitrogens is 1. The summed E-state index contributed by atoms with van der Waals surface area (Å²) < 4.78 is 5.03. The molecule has 1 heterocycles. The van der Waals surface area contributed by atoms with Crippen molar-refractivity contribution < 1.29 is 9.52 Å². The van der Waals surface area contributed by atoms with Gasteiger partial charge in [0, 0.05) is 5.41 Å². The van der Waals surface area contributed by atoms with Gasteiger partial charge in [0.25, 0.3) is 0 Å². The number of phenolic OH excluding ortho intramolecular Hbond substituents is 1. The Balaban J connectivity index is 2.04. The predicted molar refractivity (Wildman–Crippen MR) is 54.6 cm³/mol. The van der Waals surface area contributed by atoms with Crippen LogP contribution in [0.5, 0.6) is 5.75 Å². The lowest BCUT2D eigenvalue weighted by molar-refractivity contribution is 0.475. The van der Waals surface area contributed by atoms with Crippen molar-refractivity contribution in [2.75, 3.05) is 0 Å². The molecule has 2 aromatic rings. The standard InChI is InChI=1S/C12H11NO2/c14-10-3-1-9(2-4-10)12(5-6-12)11-7-15-8-13-11/h1-4,7-8,14H,5-6H2. The molecule has 1 aromatic heterocycles. The Morgan fingerprint density at radius 1 is 1.20 bits per heavy atom. The van der Waals surface area contributed by atoms with Gasteiger partial charge in [0.2, 0.25) is 0 Å². The normalized spacial score (nSPS) is 17.6. The second-order valence-corrected chi connectivity index (χ2v) is 4.00. The molecule has 0 saturated heterocycles. The number of hydrogen-bond acceptors (Lipinski definition) is 3. The molecule has 0 spiro atoms. The zero-order valence-electron chi connectivity index (χ0n) is 8.18. The Morgan fingerprint density at radius 3 is 2.47 bits per heavy atom. The van der Waals surface area contributed by atoms with E-state index in [0.29, 0.717) is 5.75 Å². The number of nitrogens with zero attached hydrogens (tertiary/aromatic N) is 1. The van der Waals surface area contributed by atoms with Crippen molar-refractivity contribution in [2.45, 2.75) is 18.3 Å². The van der Waals surface area contributed by atoms with E-state index >= 15 is 0 Å². The summed E-state index contributed by atoms with van der Waals surface area (Å²) in [4.78, 5) is 4.22. The maximum absolute atomic E-state index is 9.24. The first kappa shape index (κ1) is 8.53. The van der Waals surface area contributed by atoms with Crippen LogP contribution in [0.2, 0.25) is 0 Å². The highest BCUT2D eigenvalue weighted by molar-refractivity contribution is 5.42. The van der Waals surface area contributed by atoms with E-state index in [4.69, 9.17) is 4.42 Å². The van der Waals surface area contributed by atoms with Gasteiger partial charge in [0.05, 0.1) is 5.69 Å². The van der Waals surface area contributed by atoms with E-state index in [1.54, 1.807) is 18.4 Å². The van der Waals surface area contributed by atoms with Gasteiger partial charge in [-0.1, -0.05) is 12.1 Å². The first-order valence-electron chi connectivity index (χ1n) is 4.99. The summed E-state index contributed by atoms with van der Waals surface area (Å²) >= 11 is 0. The quantitative estimate of drug-likeness (QED) is 0.811. The van der Waals surface area contributed by atoms with Crippen LogP contribution in [-0.2, 0) is 5.41 Å². The Kier molecular flexibility index (Phi) is 1.63. The molecule has 0 bridgehead atoms. The van der Waals surface area contributed by atoms with Crippen LogP contribution in [-0.4, -0.2) is 10.1 Å². The number of aromatic hydroxyl groups is 1. The molecule has 15 heavy (non-hydrogen) atoms. The summed E-state index contributed by atoms with van der Waals surface area (Å²) in [5.41, 5.74) is 2.24. The third-order valence-corrected chi connectivity index (χ3v) is 3.09. The summed E-state index contributed by atoms with van der Waals surface area (Å²) in [5, 5.41) is 9.24. The molecule has 1 saturated carbocycles. The van der Waals surface area contributed by atoms with Gasteiger partial charge in [-0.2, -0.15) is 0 Å². The second-order valence-electron chi connectivity index (χ2n) is 4.00. The van der Waals surface area contributed by atoms with Crippen molar-refractivity contribution in [3.8, 4) is 5.75 Å². The topological polar surface area (TPSA) is 46.3 Å². The average molecular weight is 201 g/mol. The van der Waals surface area contributed by atoms with E-state index in [0.717, 1.165) is 18.5 Å². The SMILES string of the molecule is Oc1ccc(C2(c3cocn3)CC2)cc1. The summed E-state index contributed by atoms with van der Waals surface area (Å²) in [6.45, 7) is 0. The maximum Gasteiger partial charge on any atom is 0.180 e. The predicted octanol–water partition coefficient (Wildman–Crippen LogP) is 2.46. The lowest BCUT2D eigenvalue weighted by Gasteiger charge is -2.11. The summed E-state index contributed by atoms with van der Waals surface area (Å²) in [6, 6.07) is 7.35. The van der Waals surface area contributed by atoms with Crippen LogP contribution >= 0.6 is 0 Å². The lowest BCUT2D eigenvalue weighted by atomic mass is 9.93. The van der Waals surface area contributed by atoms with Gasteiger partial charge in [-0.3, -0.25) is 0 Å². The molecule has 1 aliphatic carbocycles. The number of hydrogen-bond donors (Lipinski definition) is 1. The lowest BCUT2D eigenvalue weighted by Crippen LogP contribution is -2.08. The van der Waals surface area contributed by atoms with Crippen LogP contribution < -0.4 is 0 Å². The minimum atomic E-state index is 0.0424. The molecule has 0 unspecified atom stereocenters. The monoisotopic (exact) mass is 201 g/mol. The molecule has 0 radical (unpaired) electrons. The zero-order chi connectivity index (χ0) is 10.3. The highest BCUT2D eigenvalue weighted by Crippen LogP contribution is 2.52. The van der Waals surface area contributed by atoms with Crippen LogP contribution in [0.15, 0.2) is 41.3 Å². The van der Waals surface area contributed by atoms with Crippen LogP contribution in [0.25, 0.3) is 0 Å². The van der Waals surface area contributed by atoms with E-state index in [9.17, 15) is 5.11 Å². The van der Waals surface area contributed by atoms with E-state index in [2.05, 4.69) is 4.98 Å². The van der Waals surface area contributed by atoms with Crippen LogP contribution in [0.3, 0.4) is 0 Å². The highest BCUT2D eigenvalue weighted by atomic mass is 16.3. The molecule has 0 aliphatic heterocycles. The van der Waals surface area contributed by atoms with Crippen LogP contribution in [0, 0.1) is 0 Å². The van der Waals surface area contributed by atoms with E-state index < -0.39 is 0 Å². The molecule has 1 fully saturated rings. The van der Waals surface area contributed by atoms with Crippen LogP contribution in [0.1, 0.15) is 24.1 Å². The van der Waals surface area contributed by atoms with Gasteiger partial charge in [-0.15, -0.1) is 0 Å². The first-order chi connectivity index (χ1) is 7.31. The van der Waals surface area contributed by atoms with Gasteiger partial charge in [-0.05, 0) is 30.5 Å². The fourth-order valence-electron chi connectivity index (χ4n) is 2.05. The van der Waals surface area contributed by atoms with E-state index in [-0.39, 0.29) is 5.41 Å². The molecule has 3 nitrogen and oxygen atoms in total. The number of rotatable bonds is 2. The molecule has 76 valence electrons. The molecule has 1 aromatic carbocycles. The molecule has 0 atom stereocenters. The summed E-state index contributed by atoms with van der Waals surface area (Å²) in [6.07, 6.45) is 5.38. The van der Waals surface area contributed by atoms with Crippen molar-refractivity contribution in [3.63, 3.8) is 0 Å². The molecule has 1 aliphatic rings. The van der Waals surface area contributed by atoms with Crippen molar-refractivity contribution in [2.24, 2.45) is 0 Å². The Hall–Kier alpha value is -1.77. The average Bonchev–Trinajstić information content (AvgIpc) is 2.88. The molecular weight excluding hydrogens is 190 g/mol.